The molecule has 0 radical (unpaired) electrons. The number of hydrogen-bond donors (Lipinski definition) is 3. The fourth-order valence-corrected chi connectivity index (χ4v) is 3.89. The molecule has 3 N–H and O–H groups in total. The Bertz CT molecular complexity index is 1410. The summed E-state index contributed by atoms with van der Waals surface area (Å²) in [7, 11) is 1.71. The zero-order chi connectivity index (χ0) is 28.4. The van der Waals surface area contributed by atoms with Crippen molar-refractivity contribution in [2.24, 2.45) is 5.41 Å². The van der Waals surface area contributed by atoms with Crippen molar-refractivity contribution in [1.82, 2.24) is 9.55 Å². The number of nitrogens with one attached hydrogen (secondary N) is 2. The van der Waals surface area contributed by atoms with Gasteiger partial charge in [-0.1, -0.05) is 20.8 Å². The molecule has 38 heavy (non-hydrogen) atoms. The number of urea groups is 1. The molecule has 9 nitrogen and oxygen atoms in total. The number of aliphatic hydroxyl groups is 1. The van der Waals surface area contributed by atoms with Gasteiger partial charge >= 0.3 is 6.03 Å². The lowest BCUT2D eigenvalue weighted by Gasteiger charge is -2.23. The monoisotopic (exact) mass is 522 g/mol. The van der Waals surface area contributed by atoms with Crippen molar-refractivity contribution in [2.45, 2.75) is 66.5 Å². The van der Waals surface area contributed by atoms with Crippen molar-refractivity contribution >= 4 is 40.3 Å². The molecule has 3 aromatic rings. The lowest BCUT2D eigenvalue weighted by Crippen LogP contribution is -2.29. The first-order valence-corrected chi connectivity index (χ1v) is 12.4. The highest BCUT2D eigenvalue weighted by Crippen LogP contribution is 2.28. The van der Waals surface area contributed by atoms with Crippen molar-refractivity contribution in [3.63, 3.8) is 0 Å². The van der Waals surface area contributed by atoms with Gasteiger partial charge in [0.15, 0.2) is 0 Å². The zero-order valence-electron chi connectivity index (χ0n) is 22.9. The van der Waals surface area contributed by atoms with Gasteiger partial charge in [-0.25, -0.2) is 14.2 Å². The number of nitriles is 1. The number of aryl methyl sites for hydroxylation is 2. The Morgan fingerprint density at radius 2 is 1.84 bits per heavy atom. The first-order valence-electron chi connectivity index (χ1n) is 12.4. The van der Waals surface area contributed by atoms with E-state index in [1.807, 2.05) is 32.9 Å². The van der Waals surface area contributed by atoms with E-state index < -0.39 is 17.4 Å². The number of nitrogens with zero attached hydrogens (tertiary/aromatic N) is 4. The number of fused-ring (bicyclic) bond motifs is 1. The van der Waals surface area contributed by atoms with Crippen LogP contribution in [0.2, 0.25) is 0 Å². The Morgan fingerprint density at radius 1 is 1.16 bits per heavy atom. The van der Waals surface area contributed by atoms with Gasteiger partial charge in [-0.3, -0.25) is 10.1 Å². The van der Waals surface area contributed by atoms with E-state index in [1.165, 1.54) is 12.1 Å². The Kier molecular flexibility index (Phi) is 8.12. The molecule has 0 unspecified atom stereocenters. The predicted molar refractivity (Wildman–Crippen MR) is 147 cm³/mol. The summed E-state index contributed by atoms with van der Waals surface area (Å²) in [5, 5.41) is 24.6. The highest BCUT2D eigenvalue weighted by Gasteiger charge is 2.22. The molecule has 0 atom stereocenters. The van der Waals surface area contributed by atoms with E-state index in [2.05, 4.69) is 15.6 Å². The Morgan fingerprint density at radius 3 is 2.45 bits per heavy atom. The molecule has 0 saturated heterocycles. The standard InChI is InChI=1S/C28H35FN6O3/c1-17-12-20(29)21(13-18(17)16-30)32-26(37)33-25-31-22-14-19(34(7)24(36)15-27(2,3)4)8-9-23(22)35(25)11-10-28(5,6)38/h8-9,12-14,38H,10-11,15H2,1-7H3,(H2,31,32,33,37). The predicted octanol–water partition coefficient (Wildman–Crippen LogP) is 5.56. The molecule has 0 aliphatic carbocycles. The van der Waals surface area contributed by atoms with Crippen molar-refractivity contribution in [2.75, 3.05) is 22.6 Å². The molecular weight excluding hydrogens is 487 g/mol. The first kappa shape index (κ1) is 28.6. The van der Waals surface area contributed by atoms with E-state index in [1.54, 1.807) is 49.4 Å². The second-order valence-electron chi connectivity index (χ2n) is 11.4. The number of benzene rings is 2. The smallest absolute Gasteiger partial charge is 0.326 e. The minimum absolute atomic E-state index is 0.0344. The van der Waals surface area contributed by atoms with Crippen LogP contribution in [-0.4, -0.2) is 39.2 Å². The summed E-state index contributed by atoms with van der Waals surface area (Å²) in [5.74, 6) is -0.511. The summed E-state index contributed by atoms with van der Waals surface area (Å²) < 4.78 is 16.2. The van der Waals surface area contributed by atoms with E-state index in [0.717, 1.165) is 0 Å². The molecule has 0 bridgehead atoms. The first-order chi connectivity index (χ1) is 17.6. The van der Waals surface area contributed by atoms with Crippen molar-refractivity contribution in [3.8, 4) is 6.07 Å². The third-order valence-corrected chi connectivity index (χ3v) is 6.03. The quantitative estimate of drug-likeness (QED) is 0.375. The van der Waals surface area contributed by atoms with Crippen molar-refractivity contribution < 1.29 is 19.1 Å². The summed E-state index contributed by atoms with van der Waals surface area (Å²) in [6.45, 7) is 11.3. The van der Waals surface area contributed by atoms with E-state index in [9.17, 15) is 24.3 Å². The number of aromatic nitrogens is 2. The molecule has 1 aromatic heterocycles. The van der Waals surface area contributed by atoms with Crippen LogP contribution in [0.4, 0.5) is 26.5 Å². The van der Waals surface area contributed by atoms with Crippen LogP contribution in [0.1, 0.15) is 58.6 Å². The molecule has 0 spiro atoms. The van der Waals surface area contributed by atoms with Gasteiger partial charge in [0.25, 0.3) is 0 Å². The lowest BCUT2D eigenvalue weighted by molar-refractivity contribution is -0.120. The molecule has 1 heterocycles. The van der Waals surface area contributed by atoms with Crippen LogP contribution in [0.15, 0.2) is 30.3 Å². The molecule has 3 rings (SSSR count). The zero-order valence-corrected chi connectivity index (χ0v) is 22.9. The fraction of sp³-hybridized carbons (Fsp3) is 0.429. The molecule has 10 heteroatoms. The van der Waals surface area contributed by atoms with Gasteiger partial charge in [0, 0.05) is 25.7 Å². The molecule has 0 aliphatic heterocycles. The van der Waals surface area contributed by atoms with Crippen LogP contribution in [0.3, 0.4) is 0 Å². The SMILES string of the molecule is Cc1cc(F)c(NC(=O)Nc2nc3cc(N(C)C(=O)CC(C)(C)C)ccc3n2CCC(C)(C)O)cc1C#N. The summed E-state index contributed by atoms with van der Waals surface area (Å²) in [4.78, 5) is 31.7. The number of anilines is 3. The van der Waals surface area contributed by atoms with Gasteiger partial charge in [-0.05, 0) is 68.5 Å². The number of halogens is 1. The van der Waals surface area contributed by atoms with Crippen LogP contribution in [0, 0.1) is 29.5 Å². The Labute approximate surface area is 222 Å². The van der Waals surface area contributed by atoms with E-state index in [4.69, 9.17) is 0 Å². The van der Waals surface area contributed by atoms with Crippen LogP contribution < -0.4 is 15.5 Å². The minimum Gasteiger partial charge on any atom is -0.390 e. The molecule has 3 amide bonds. The number of imidazole rings is 1. The summed E-state index contributed by atoms with van der Waals surface area (Å²) in [6.07, 6.45) is 0.746. The van der Waals surface area contributed by atoms with E-state index in [-0.39, 0.29) is 28.5 Å². The number of carbonyl (C=O) groups excluding carboxylic acids is 2. The summed E-state index contributed by atoms with van der Waals surface area (Å²) >= 11 is 0. The number of hydrogen-bond acceptors (Lipinski definition) is 5. The molecule has 2 aromatic carbocycles. The average molecular weight is 523 g/mol. The largest absolute Gasteiger partial charge is 0.390 e. The van der Waals surface area contributed by atoms with Gasteiger partial charge in [0.1, 0.15) is 5.82 Å². The normalized spacial score (nSPS) is 11.8. The van der Waals surface area contributed by atoms with Gasteiger partial charge in [-0.15, -0.1) is 0 Å². The highest BCUT2D eigenvalue weighted by atomic mass is 19.1. The maximum Gasteiger partial charge on any atom is 0.326 e. The van der Waals surface area contributed by atoms with Crippen LogP contribution in [-0.2, 0) is 11.3 Å². The van der Waals surface area contributed by atoms with Gasteiger partial charge in [0.2, 0.25) is 11.9 Å². The van der Waals surface area contributed by atoms with Crippen LogP contribution in [0.25, 0.3) is 11.0 Å². The minimum atomic E-state index is -0.964. The second kappa shape index (κ2) is 10.8. The maximum atomic E-state index is 14.4. The molecule has 202 valence electrons. The van der Waals surface area contributed by atoms with Gasteiger partial charge in [-0.2, -0.15) is 5.26 Å². The van der Waals surface area contributed by atoms with E-state index in [0.29, 0.717) is 41.7 Å². The van der Waals surface area contributed by atoms with Gasteiger partial charge in [0.05, 0.1) is 34.0 Å². The third-order valence-electron chi connectivity index (χ3n) is 6.03. The van der Waals surface area contributed by atoms with Crippen molar-refractivity contribution in [1.29, 1.82) is 5.26 Å². The summed E-state index contributed by atoms with van der Waals surface area (Å²) in [5.41, 5.74) is 1.34. The van der Waals surface area contributed by atoms with Crippen molar-refractivity contribution in [3.05, 3.63) is 47.3 Å². The maximum absolute atomic E-state index is 14.4. The highest BCUT2D eigenvalue weighted by molar-refractivity contribution is 6.00. The molecular formula is C28H35FN6O3. The topological polar surface area (TPSA) is 123 Å². The van der Waals surface area contributed by atoms with Gasteiger partial charge < -0.3 is 19.9 Å². The third kappa shape index (κ3) is 7.07. The van der Waals surface area contributed by atoms with E-state index >= 15 is 0 Å². The Balaban J connectivity index is 1.94. The molecule has 0 saturated carbocycles. The molecule has 0 aliphatic rings. The van der Waals surface area contributed by atoms with Crippen LogP contribution >= 0.6 is 0 Å². The number of rotatable bonds is 7. The Hall–Kier alpha value is -3.97. The number of carbonyl (C=O) groups is 2. The molecule has 0 fully saturated rings. The number of amides is 3. The fourth-order valence-electron chi connectivity index (χ4n) is 3.89. The average Bonchev–Trinajstić information content (AvgIpc) is 3.13. The van der Waals surface area contributed by atoms with Crippen LogP contribution in [0.5, 0.6) is 0 Å². The summed E-state index contributed by atoms with van der Waals surface area (Å²) in [6, 6.07) is 9.07. The lowest BCUT2D eigenvalue weighted by atomic mass is 9.91. The second-order valence-corrected chi connectivity index (χ2v) is 11.4.